The molecule has 0 N–H and O–H groups in total. The van der Waals surface area contributed by atoms with Gasteiger partial charge >= 0.3 is 0 Å². The molecule has 0 saturated carbocycles. The highest BCUT2D eigenvalue weighted by Gasteiger charge is 2.11. The van der Waals surface area contributed by atoms with Crippen LogP contribution in [-0.4, -0.2) is 26.9 Å². The van der Waals surface area contributed by atoms with Crippen molar-refractivity contribution in [3.8, 4) is 0 Å². The van der Waals surface area contributed by atoms with E-state index in [4.69, 9.17) is 34.8 Å². The van der Waals surface area contributed by atoms with Crippen molar-refractivity contribution in [3.63, 3.8) is 0 Å². The molecule has 0 atom stereocenters. The van der Waals surface area contributed by atoms with Gasteiger partial charge < -0.3 is 4.90 Å². The molecule has 2 aromatic carbocycles. The second-order valence-corrected chi connectivity index (χ2v) is 6.64. The molecule has 0 bridgehead atoms. The molecule has 2 aromatic rings. The minimum absolute atomic E-state index is 0.551. The van der Waals surface area contributed by atoms with Crippen LogP contribution in [0.5, 0.6) is 0 Å². The number of hydrazone groups is 1. The lowest BCUT2D eigenvalue weighted by molar-refractivity contribution is 1.01. The SMILES string of the molecule is C/C(=N\N(C)c1ccc(Cl)cc1Cl)c1cc(Cl)ccc1N(C)C. The Hall–Kier alpha value is -1.42. The first-order valence-electron chi connectivity index (χ1n) is 7.01. The molecule has 0 unspecified atom stereocenters. The first-order chi connectivity index (χ1) is 10.8. The number of anilines is 2. The van der Waals surface area contributed by atoms with Crippen molar-refractivity contribution in [1.29, 1.82) is 0 Å². The molecule has 0 aliphatic rings. The monoisotopic (exact) mass is 369 g/mol. The molecule has 6 heteroatoms. The van der Waals surface area contributed by atoms with Crippen molar-refractivity contribution in [2.45, 2.75) is 6.92 Å². The van der Waals surface area contributed by atoms with Gasteiger partial charge in [0.25, 0.3) is 0 Å². The fraction of sp³-hybridized carbons (Fsp3) is 0.235. The lowest BCUT2D eigenvalue weighted by Gasteiger charge is -2.20. The van der Waals surface area contributed by atoms with Gasteiger partial charge in [0, 0.05) is 42.4 Å². The Bertz CT molecular complexity index is 742. The van der Waals surface area contributed by atoms with Gasteiger partial charge in [0.2, 0.25) is 0 Å². The van der Waals surface area contributed by atoms with E-state index < -0.39 is 0 Å². The predicted molar refractivity (Wildman–Crippen MR) is 103 cm³/mol. The summed E-state index contributed by atoms with van der Waals surface area (Å²) in [6, 6.07) is 11.1. The molecule has 0 heterocycles. The predicted octanol–water partition coefficient (Wildman–Crippen LogP) is 5.57. The van der Waals surface area contributed by atoms with Crippen LogP contribution in [-0.2, 0) is 0 Å². The van der Waals surface area contributed by atoms with Crippen molar-refractivity contribution >= 4 is 51.9 Å². The van der Waals surface area contributed by atoms with Crippen LogP contribution in [0.2, 0.25) is 15.1 Å². The first kappa shape index (κ1) is 17.9. The number of hydrogen-bond acceptors (Lipinski definition) is 3. The lowest BCUT2D eigenvalue weighted by atomic mass is 10.1. The number of hydrogen-bond donors (Lipinski definition) is 0. The van der Waals surface area contributed by atoms with Gasteiger partial charge in [-0.15, -0.1) is 0 Å². The van der Waals surface area contributed by atoms with E-state index in [0.29, 0.717) is 15.1 Å². The third-order valence-electron chi connectivity index (χ3n) is 3.39. The molecule has 3 nitrogen and oxygen atoms in total. The Morgan fingerprint density at radius 3 is 2.00 bits per heavy atom. The van der Waals surface area contributed by atoms with Gasteiger partial charge in [-0.3, -0.25) is 5.01 Å². The summed E-state index contributed by atoms with van der Waals surface area (Å²) in [4.78, 5) is 2.03. The van der Waals surface area contributed by atoms with Crippen LogP contribution in [0.1, 0.15) is 12.5 Å². The Balaban J connectivity index is 2.41. The van der Waals surface area contributed by atoms with Gasteiger partial charge in [-0.05, 0) is 43.3 Å². The summed E-state index contributed by atoms with van der Waals surface area (Å²) < 4.78 is 0. The maximum atomic E-state index is 6.24. The molecule has 122 valence electrons. The van der Waals surface area contributed by atoms with Gasteiger partial charge in [-0.2, -0.15) is 5.10 Å². The van der Waals surface area contributed by atoms with Crippen molar-refractivity contribution in [2.24, 2.45) is 5.10 Å². The molecule has 0 fully saturated rings. The molecule has 23 heavy (non-hydrogen) atoms. The number of halogens is 3. The highest BCUT2D eigenvalue weighted by atomic mass is 35.5. The van der Waals surface area contributed by atoms with E-state index in [1.54, 1.807) is 17.1 Å². The molecule has 0 aromatic heterocycles. The van der Waals surface area contributed by atoms with E-state index in [-0.39, 0.29) is 0 Å². The van der Waals surface area contributed by atoms with E-state index >= 15 is 0 Å². The quantitative estimate of drug-likeness (QED) is 0.517. The first-order valence-corrected chi connectivity index (χ1v) is 8.14. The molecule has 2 rings (SSSR count). The van der Waals surface area contributed by atoms with Crippen LogP contribution in [0.25, 0.3) is 0 Å². The number of nitrogens with zero attached hydrogens (tertiary/aromatic N) is 3. The van der Waals surface area contributed by atoms with Crippen molar-refractivity contribution in [1.82, 2.24) is 0 Å². The second kappa shape index (κ2) is 7.43. The normalized spacial score (nSPS) is 11.5. The molecule has 0 aliphatic carbocycles. The van der Waals surface area contributed by atoms with Gasteiger partial charge in [-0.1, -0.05) is 34.8 Å². The fourth-order valence-electron chi connectivity index (χ4n) is 2.26. The minimum atomic E-state index is 0.551. The average Bonchev–Trinajstić information content (AvgIpc) is 2.46. The molecule has 0 saturated heterocycles. The number of rotatable bonds is 4. The zero-order valence-corrected chi connectivity index (χ0v) is 15.7. The van der Waals surface area contributed by atoms with E-state index in [2.05, 4.69) is 5.10 Å². The van der Waals surface area contributed by atoms with Crippen LogP contribution in [0.4, 0.5) is 11.4 Å². The maximum Gasteiger partial charge on any atom is 0.0777 e. The fourth-order valence-corrected chi connectivity index (χ4v) is 2.97. The summed E-state index contributed by atoms with van der Waals surface area (Å²) in [6.45, 7) is 1.94. The van der Waals surface area contributed by atoms with Gasteiger partial charge in [0.1, 0.15) is 0 Å². The molecule has 0 aliphatic heterocycles. The van der Waals surface area contributed by atoms with Crippen molar-refractivity contribution in [2.75, 3.05) is 31.1 Å². The third kappa shape index (κ3) is 4.31. The maximum absolute atomic E-state index is 6.24. The van der Waals surface area contributed by atoms with Crippen LogP contribution < -0.4 is 9.91 Å². The van der Waals surface area contributed by atoms with E-state index in [9.17, 15) is 0 Å². The van der Waals surface area contributed by atoms with Crippen LogP contribution in [0, 0.1) is 0 Å². The van der Waals surface area contributed by atoms with Crippen LogP contribution in [0.15, 0.2) is 41.5 Å². The lowest BCUT2D eigenvalue weighted by Crippen LogP contribution is -2.16. The average molecular weight is 371 g/mol. The Morgan fingerprint density at radius 1 is 0.870 bits per heavy atom. The molecule has 0 radical (unpaired) electrons. The van der Waals surface area contributed by atoms with Crippen molar-refractivity contribution in [3.05, 3.63) is 57.0 Å². The Morgan fingerprint density at radius 2 is 1.43 bits per heavy atom. The molecule has 0 spiro atoms. The molecule has 0 amide bonds. The van der Waals surface area contributed by atoms with Crippen LogP contribution in [0.3, 0.4) is 0 Å². The van der Waals surface area contributed by atoms with Gasteiger partial charge in [0.05, 0.1) is 16.4 Å². The summed E-state index contributed by atoms with van der Waals surface area (Å²) in [7, 11) is 5.82. The summed E-state index contributed by atoms with van der Waals surface area (Å²) in [6.07, 6.45) is 0. The summed E-state index contributed by atoms with van der Waals surface area (Å²) in [5, 5.41) is 8.18. The largest absolute Gasteiger partial charge is 0.377 e. The minimum Gasteiger partial charge on any atom is -0.377 e. The zero-order valence-electron chi connectivity index (χ0n) is 13.4. The zero-order chi connectivity index (χ0) is 17.1. The van der Waals surface area contributed by atoms with Crippen LogP contribution >= 0.6 is 34.8 Å². The third-order valence-corrected chi connectivity index (χ3v) is 4.16. The standard InChI is InChI=1S/C17H18Cl3N3/c1-11(14-9-12(18)5-7-16(14)22(2)3)21-23(4)17-8-6-13(19)10-15(17)20/h5-10H,1-4H3/b21-11+. The second-order valence-electron chi connectivity index (χ2n) is 5.36. The summed E-state index contributed by atoms with van der Waals surface area (Å²) in [5.41, 5.74) is 3.64. The van der Waals surface area contributed by atoms with Gasteiger partial charge in [0.15, 0.2) is 0 Å². The Labute approximate surface area is 152 Å². The van der Waals surface area contributed by atoms with Crippen molar-refractivity contribution < 1.29 is 0 Å². The van der Waals surface area contributed by atoms with Gasteiger partial charge in [-0.25, -0.2) is 0 Å². The molecular weight excluding hydrogens is 353 g/mol. The van der Waals surface area contributed by atoms with E-state index in [1.807, 2.05) is 57.2 Å². The highest BCUT2D eigenvalue weighted by molar-refractivity contribution is 6.36. The summed E-state index contributed by atoms with van der Waals surface area (Å²) >= 11 is 18.3. The Kier molecular flexibility index (Phi) is 5.79. The highest BCUT2D eigenvalue weighted by Crippen LogP contribution is 2.29. The smallest absolute Gasteiger partial charge is 0.0777 e. The summed E-state index contributed by atoms with van der Waals surface area (Å²) in [5.74, 6) is 0. The van der Waals surface area contributed by atoms with E-state index in [1.165, 1.54) is 0 Å². The molecular formula is C17H18Cl3N3. The van der Waals surface area contributed by atoms with E-state index in [0.717, 1.165) is 22.6 Å². The topological polar surface area (TPSA) is 18.8 Å². The number of benzene rings is 2.